The first kappa shape index (κ1) is 11.6. The second-order valence-corrected chi connectivity index (χ2v) is 4.50. The molecule has 0 radical (unpaired) electrons. The SMILES string of the molecule is C#CCNS(=O)(=O)c1cn(CC)nc1N. The quantitative estimate of drug-likeness (QED) is 0.673. The van der Waals surface area contributed by atoms with Crippen LogP contribution in [0, 0.1) is 12.3 Å². The van der Waals surface area contributed by atoms with E-state index in [1.54, 1.807) is 0 Å². The van der Waals surface area contributed by atoms with E-state index in [4.69, 9.17) is 12.2 Å². The molecular formula is C8H12N4O2S. The average Bonchev–Trinajstić information content (AvgIpc) is 2.57. The number of terminal acetylenes is 1. The number of aryl methyl sites for hydroxylation is 1. The van der Waals surface area contributed by atoms with E-state index in [1.807, 2.05) is 6.92 Å². The topological polar surface area (TPSA) is 90.0 Å². The Balaban J connectivity index is 3.05. The van der Waals surface area contributed by atoms with Crippen LogP contribution in [0.25, 0.3) is 0 Å². The monoisotopic (exact) mass is 228 g/mol. The molecule has 0 aromatic carbocycles. The number of nitrogens with zero attached hydrogens (tertiary/aromatic N) is 2. The van der Waals surface area contributed by atoms with Crippen LogP contribution in [0.3, 0.4) is 0 Å². The predicted molar refractivity (Wildman–Crippen MR) is 56.3 cm³/mol. The molecule has 0 saturated heterocycles. The van der Waals surface area contributed by atoms with Crippen molar-refractivity contribution in [2.75, 3.05) is 12.3 Å². The summed E-state index contributed by atoms with van der Waals surface area (Å²) in [7, 11) is -3.64. The number of sulfonamides is 1. The predicted octanol–water partition coefficient (Wildman–Crippen LogP) is -0.603. The van der Waals surface area contributed by atoms with E-state index in [-0.39, 0.29) is 17.3 Å². The molecule has 7 heteroatoms. The van der Waals surface area contributed by atoms with E-state index in [2.05, 4.69) is 15.7 Å². The second kappa shape index (κ2) is 4.33. The maximum atomic E-state index is 11.6. The minimum Gasteiger partial charge on any atom is -0.381 e. The Morgan fingerprint density at radius 1 is 1.73 bits per heavy atom. The van der Waals surface area contributed by atoms with Crippen LogP contribution in [0.15, 0.2) is 11.1 Å². The van der Waals surface area contributed by atoms with Crippen LogP contribution in [-0.2, 0) is 16.6 Å². The highest BCUT2D eigenvalue weighted by atomic mass is 32.2. The van der Waals surface area contributed by atoms with E-state index in [0.29, 0.717) is 6.54 Å². The van der Waals surface area contributed by atoms with Crippen molar-refractivity contribution in [3.63, 3.8) is 0 Å². The molecular weight excluding hydrogens is 216 g/mol. The molecule has 6 nitrogen and oxygen atoms in total. The zero-order valence-electron chi connectivity index (χ0n) is 8.27. The highest BCUT2D eigenvalue weighted by molar-refractivity contribution is 7.89. The molecule has 0 bridgehead atoms. The molecule has 0 spiro atoms. The van der Waals surface area contributed by atoms with Gasteiger partial charge in [-0.15, -0.1) is 6.42 Å². The highest BCUT2D eigenvalue weighted by Gasteiger charge is 2.19. The Hall–Kier alpha value is -1.52. The van der Waals surface area contributed by atoms with Crippen LogP contribution in [-0.4, -0.2) is 24.7 Å². The Morgan fingerprint density at radius 2 is 2.40 bits per heavy atom. The van der Waals surface area contributed by atoms with Crippen LogP contribution in [0.2, 0.25) is 0 Å². The van der Waals surface area contributed by atoms with Gasteiger partial charge in [0.1, 0.15) is 4.90 Å². The number of aromatic nitrogens is 2. The summed E-state index contributed by atoms with van der Waals surface area (Å²) in [6, 6.07) is 0. The third-order valence-corrected chi connectivity index (χ3v) is 3.15. The van der Waals surface area contributed by atoms with Crippen molar-refractivity contribution in [3.8, 4) is 12.3 Å². The minimum atomic E-state index is -3.64. The lowest BCUT2D eigenvalue weighted by atomic mass is 10.6. The molecule has 0 saturated carbocycles. The van der Waals surface area contributed by atoms with Crippen molar-refractivity contribution >= 4 is 15.8 Å². The van der Waals surface area contributed by atoms with Gasteiger partial charge < -0.3 is 5.73 Å². The van der Waals surface area contributed by atoms with Crippen LogP contribution < -0.4 is 10.5 Å². The van der Waals surface area contributed by atoms with Crippen molar-refractivity contribution in [2.45, 2.75) is 18.4 Å². The highest BCUT2D eigenvalue weighted by Crippen LogP contribution is 2.15. The molecule has 1 rings (SSSR count). The van der Waals surface area contributed by atoms with Crippen LogP contribution in [0.5, 0.6) is 0 Å². The third-order valence-electron chi connectivity index (χ3n) is 1.73. The standard InChI is InChI=1S/C8H12N4O2S/c1-3-5-10-15(13,14)7-6-12(4-2)11-8(7)9/h1,6,10H,4-5H2,2H3,(H2,9,11). The smallest absolute Gasteiger partial charge is 0.246 e. The lowest BCUT2D eigenvalue weighted by Gasteiger charge is -2.00. The first-order valence-electron chi connectivity index (χ1n) is 4.27. The lowest BCUT2D eigenvalue weighted by molar-refractivity contribution is 0.585. The van der Waals surface area contributed by atoms with Crippen LogP contribution in [0.1, 0.15) is 6.92 Å². The lowest BCUT2D eigenvalue weighted by Crippen LogP contribution is -2.24. The molecule has 0 aliphatic heterocycles. The minimum absolute atomic E-state index is 0.0265. The Bertz CT molecular complexity index is 483. The summed E-state index contributed by atoms with van der Waals surface area (Å²) in [6.07, 6.45) is 6.32. The number of anilines is 1. The van der Waals surface area contributed by atoms with Crippen molar-refractivity contribution < 1.29 is 8.42 Å². The fourth-order valence-electron chi connectivity index (χ4n) is 1.00. The molecule has 1 aromatic heterocycles. The number of rotatable bonds is 4. The molecule has 0 aliphatic carbocycles. The summed E-state index contributed by atoms with van der Waals surface area (Å²) in [4.78, 5) is -0.0420. The van der Waals surface area contributed by atoms with Crippen molar-refractivity contribution in [2.24, 2.45) is 0 Å². The van der Waals surface area contributed by atoms with Gasteiger partial charge in [-0.25, -0.2) is 8.42 Å². The first-order chi connectivity index (χ1) is 7.01. The summed E-state index contributed by atoms with van der Waals surface area (Å²) < 4.78 is 26.9. The van der Waals surface area contributed by atoms with Gasteiger partial charge in [-0.05, 0) is 6.92 Å². The number of hydrogen-bond acceptors (Lipinski definition) is 4. The van der Waals surface area contributed by atoms with Crippen LogP contribution >= 0.6 is 0 Å². The van der Waals surface area contributed by atoms with Gasteiger partial charge >= 0.3 is 0 Å². The molecule has 82 valence electrons. The van der Waals surface area contributed by atoms with Gasteiger partial charge in [0.2, 0.25) is 10.0 Å². The van der Waals surface area contributed by atoms with Crippen molar-refractivity contribution in [1.82, 2.24) is 14.5 Å². The zero-order valence-corrected chi connectivity index (χ0v) is 9.08. The van der Waals surface area contributed by atoms with Gasteiger partial charge in [-0.1, -0.05) is 5.92 Å². The van der Waals surface area contributed by atoms with Gasteiger partial charge in [0.05, 0.1) is 6.54 Å². The van der Waals surface area contributed by atoms with E-state index >= 15 is 0 Å². The second-order valence-electron chi connectivity index (χ2n) is 2.76. The van der Waals surface area contributed by atoms with Gasteiger partial charge in [0.15, 0.2) is 5.82 Å². The van der Waals surface area contributed by atoms with Gasteiger partial charge in [-0.3, -0.25) is 4.68 Å². The van der Waals surface area contributed by atoms with E-state index in [9.17, 15) is 8.42 Å². The molecule has 15 heavy (non-hydrogen) atoms. The average molecular weight is 228 g/mol. The van der Waals surface area contributed by atoms with E-state index in [1.165, 1.54) is 10.9 Å². The maximum Gasteiger partial charge on any atom is 0.246 e. The fraction of sp³-hybridized carbons (Fsp3) is 0.375. The largest absolute Gasteiger partial charge is 0.381 e. The van der Waals surface area contributed by atoms with Crippen molar-refractivity contribution in [3.05, 3.63) is 6.20 Å². The van der Waals surface area contributed by atoms with Crippen LogP contribution in [0.4, 0.5) is 5.82 Å². The Labute approximate surface area is 88.5 Å². The molecule has 0 amide bonds. The summed E-state index contributed by atoms with van der Waals surface area (Å²) >= 11 is 0. The molecule has 0 unspecified atom stereocenters. The normalized spacial score (nSPS) is 11.2. The molecule has 0 atom stereocenters. The summed E-state index contributed by atoms with van der Waals surface area (Å²) in [5.74, 6) is 2.15. The Kier molecular flexibility index (Phi) is 3.34. The van der Waals surface area contributed by atoms with E-state index < -0.39 is 10.0 Å². The molecule has 1 aromatic rings. The van der Waals surface area contributed by atoms with Gasteiger partial charge in [0.25, 0.3) is 0 Å². The summed E-state index contributed by atoms with van der Waals surface area (Å²) in [6.45, 7) is 2.31. The van der Waals surface area contributed by atoms with Gasteiger partial charge in [0, 0.05) is 12.7 Å². The Morgan fingerprint density at radius 3 is 2.87 bits per heavy atom. The first-order valence-corrected chi connectivity index (χ1v) is 5.75. The molecule has 3 N–H and O–H groups in total. The number of hydrogen-bond donors (Lipinski definition) is 2. The maximum absolute atomic E-state index is 11.6. The molecule has 0 aliphatic rings. The summed E-state index contributed by atoms with van der Waals surface area (Å²) in [5.41, 5.74) is 5.47. The third kappa shape index (κ3) is 2.49. The zero-order chi connectivity index (χ0) is 11.5. The summed E-state index contributed by atoms with van der Waals surface area (Å²) in [5, 5.41) is 3.83. The van der Waals surface area contributed by atoms with Crippen molar-refractivity contribution in [1.29, 1.82) is 0 Å². The number of nitrogens with one attached hydrogen (secondary N) is 1. The van der Waals surface area contributed by atoms with Gasteiger partial charge in [-0.2, -0.15) is 9.82 Å². The number of nitrogens with two attached hydrogens (primary N) is 1. The molecule has 1 heterocycles. The fourth-order valence-corrected chi connectivity index (χ4v) is 2.01. The number of nitrogen functional groups attached to an aromatic ring is 1. The molecule has 0 fully saturated rings. The van der Waals surface area contributed by atoms with E-state index in [0.717, 1.165) is 0 Å².